The van der Waals surface area contributed by atoms with Gasteiger partial charge in [-0.1, -0.05) is 12.1 Å². The van der Waals surface area contributed by atoms with Gasteiger partial charge in [-0.25, -0.2) is 4.79 Å². The molecular weight excluding hydrogens is 204 g/mol. The van der Waals surface area contributed by atoms with E-state index in [0.29, 0.717) is 11.4 Å². The van der Waals surface area contributed by atoms with E-state index in [2.05, 4.69) is 4.98 Å². The van der Waals surface area contributed by atoms with Crippen LogP contribution in [0.3, 0.4) is 0 Å². The number of carboxylic acids is 1. The average Bonchev–Trinajstić information content (AvgIpc) is 2.29. The van der Waals surface area contributed by atoms with Crippen LogP contribution in [0.1, 0.15) is 10.4 Å². The molecule has 0 atom stereocenters. The monoisotopic (exact) mass is 214 g/mol. The minimum Gasteiger partial charge on any atom is -0.478 e. The number of pyridine rings is 1. The maximum absolute atomic E-state index is 10.8. The van der Waals surface area contributed by atoms with Crippen molar-refractivity contribution in [3.8, 4) is 11.3 Å². The van der Waals surface area contributed by atoms with Gasteiger partial charge in [0.25, 0.3) is 0 Å². The van der Waals surface area contributed by atoms with E-state index in [1.807, 2.05) is 0 Å². The van der Waals surface area contributed by atoms with E-state index in [1.54, 1.807) is 36.5 Å². The minimum absolute atomic E-state index is 0.238. The van der Waals surface area contributed by atoms with Crippen LogP contribution in [-0.2, 0) is 0 Å². The van der Waals surface area contributed by atoms with E-state index in [4.69, 9.17) is 10.8 Å². The second-order valence-corrected chi connectivity index (χ2v) is 3.36. The van der Waals surface area contributed by atoms with Crippen LogP contribution in [0.25, 0.3) is 11.3 Å². The molecule has 0 amide bonds. The Morgan fingerprint density at radius 3 is 2.75 bits per heavy atom. The predicted octanol–water partition coefficient (Wildman–Crippen LogP) is 2.03. The summed E-state index contributed by atoms with van der Waals surface area (Å²) in [6.07, 6.45) is 1.60. The van der Waals surface area contributed by atoms with E-state index in [1.165, 1.54) is 6.07 Å². The quantitative estimate of drug-likeness (QED) is 0.801. The first-order chi connectivity index (χ1) is 7.66. The van der Waals surface area contributed by atoms with Crippen LogP contribution in [-0.4, -0.2) is 16.1 Å². The van der Waals surface area contributed by atoms with Gasteiger partial charge in [-0.3, -0.25) is 4.98 Å². The van der Waals surface area contributed by atoms with Crippen LogP contribution < -0.4 is 5.73 Å². The number of nitrogens with two attached hydrogens (primary N) is 1. The molecule has 0 spiro atoms. The molecule has 1 aromatic carbocycles. The molecule has 2 rings (SSSR count). The summed E-state index contributed by atoms with van der Waals surface area (Å²) in [5.74, 6) is -0.953. The van der Waals surface area contributed by atoms with Gasteiger partial charge >= 0.3 is 5.97 Å². The number of benzene rings is 1. The number of carbonyl (C=O) groups is 1. The summed E-state index contributed by atoms with van der Waals surface area (Å²) >= 11 is 0. The molecule has 1 aromatic heterocycles. The zero-order chi connectivity index (χ0) is 11.5. The number of rotatable bonds is 2. The van der Waals surface area contributed by atoms with Gasteiger partial charge in [0, 0.05) is 17.4 Å². The highest BCUT2D eigenvalue weighted by molar-refractivity contribution is 5.89. The molecule has 2 aromatic rings. The Morgan fingerprint density at radius 1 is 1.25 bits per heavy atom. The Kier molecular flexibility index (Phi) is 2.55. The topological polar surface area (TPSA) is 76.2 Å². The molecule has 0 aliphatic heterocycles. The maximum atomic E-state index is 10.8. The van der Waals surface area contributed by atoms with Gasteiger partial charge in [0.1, 0.15) is 0 Å². The second-order valence-electron chi connectivity index (χ2n) is 3.36. The lowest BCUT2D eigenvalue weighted by Crippen LogP contribution is -1.96. The lowest BCUT2D eigenvalue weighted by Gasteiger charge is -2.02. The number of nitrogens with zero attached hydrogens (tertiary/aromatic N) is 1. The van der Waals surface area contributed by atoms with Crippen LogP contribution in [0.2, 0.25) is 0 Å². The highest BCUT2D eigenvalue weighted by Crippen LogP contribution is 2.19. The third-order valence-corrected chi connectivity index (χ3v) is 2.19. The zero-order valence-corrected chi connectivity index (χ0v) is 8.42. The summed E-state index contributed by atoms with van der Waals surface area (Å²) in [5, 5.41) is 8.87. The average molecular weight is 214 g/mol. The third kappa shape index (κ3) is 2.00. The normalized spacial score (nSPS) is 10.0. The SMILES string of the molecule is Nc1ccnc(-c2cccc(C(=O)O)c2)c1. The first kappa shape index (κ1) is 10.2. The van der Waals surface area contributed by atoms with Crippen molar-refractivity contribution < 1.29 is 9.90 Å². The van der Waals surface area contributed by atoms with Crippen molar-refractivity contribution >= 4 is 11.7 Å². The van der Waals surface area contributed by atoms with Crippen LogP contribution >= 0.6 is 0 Å². The molecule has 0 saturated carbocycles. The molecule has 80 valence electrons. The molecule has 3 N–H and O–H groups in total. The van der Waals surface area contributed by atoms with Gasteiger partial charge in [0.05, 0.1) is 11.3 Å². The number of aromatic carboxylic acids is 1. The van der Waals surface area contributed by atoms with E-state index >= 15 is 0 Å². The Hall–Kier alpha value is -2.36. The molecule has 0 saturated heterocycles. The van der Waals surface area contributed by atoms with Gasteiger partial charge in [0.2, 0.25) is 0 Å². The van der Waals surface area contributed by atoms with Crippen molar-refractivity contribution in [2.45, 2.75) is 0 Å². The van der Waals surface area contributed by atoms with Crippen molar-refractivity contribution in [1.29, 1.82) is 0 Å². The summed E-state index contributed by atoms with van der Waals surface area (Å²) in [6, 6.07) is 9.99. The first-order valence-corrected chi connectivity index (χ1v) is 4.72. The number of nitrogen functional groups attached to an aromatic ring is 1. The van der Waals surface area contributed by atoms with Crippen molar-refractivity contribution in [2.24, 2.45) is 0 Å². The third-order valence-electron chi connectivity index (χ3n) is 2.19. The second kappa shape index (κ2) is 4.02. The molecule has 4 heteroatoms. The summed E-state index contributed by atoms with van der Waals surface area (Å²) in [6.45, 7) is 0. The summed E-state index contributed by atoms with van der Waals surface area (Å²) in [5.41, 5.74) is 7.89. The summed E-state index contributed by atoms with van der Waals surface area (Å²) < 4.78 is 0. The molecular formula is C12H10N2O2. The molecule has 0 radical (unpaired) electrons. The van der Waals surface area contributed by atoms with Gasteiger partial charge in [-0.2, -0.15) is 0 Å². The fourth-order valence-electron chi connectivity index (χ4n) is 1.42. The molecule has 0 unspecified atom stereocenters. The summed E-state index contributed by atoms with van der Waals surface area (Å²) in [4.78, 5) is 14.9. The Morgan fingerprint density at radius 2 is 2.06 bits per heavy atom. The first-order valence-electron chi connectivity index (χ1n) is 4.72. The van der Waals surface area contributed by atoms with E-state index < -0.39 is 5.97 Å². The highest BCUT2D eigenvalue weighted by Gasteiger charge is 2.05. The van der Waals surface area contributed by atoms with Crippen molar-refractivity contribution in [2.75, 3.05) is 5.73 Å². The van der Waals surface area contributed by atoms with Crippen molar-refractivity contribution in [3.63, 3.8) is 0 Å². The zero-order valence-electron chi connectivity index (χ0n) is 8.42. The Bertz CT molecular complexity index is 538. The van der Waals surface area contributed by atoms with Gasteiger partial charge in [-0.15, -0.1) is 0 Å². The van der Waals surface area contributed by atoms with E-state index in [0.717, 1.165) is 5.56 Å². The summed E-state index contributed by atoms with van der Waals surface area (Å²) in [7, 11) is 0. The smallest absolute Gasteiger partial charge is 0.335 e. The van der Waals surface area contributed by atoms with Crippen LogP contribution in [0.15, 0.2) is 42.6 Å². The molecule has 0 aliphatic rings. The molecule has 0 fully saturated rings. The molecule has 1 heterocycles. The van der Waals surface area contributed by atoms with Crippen LogP contribution in [0.5, 0.6) is 0 Å². The van der Waals surface area contributed by atoms with Gasteiger partial charge < -0.3 is 10.8 Å². The Labute approximate surface area is 92.4 Å². The Balaban J connectivity index is 2.48. The van der Waals surface area contributed by atoms with E-state index in [9.17, 15) is 4.79 Å². The lowest BCUT2D eigenvalue weighted by molar-refractivity contribution is 0.0697. The highest BCUT2D eigenvalue weighted by atomic mass is 16.4. The maximum Gasteiger partial charge on any atom is 0.335 e. The predicted molar refractivity (Wildman–Crippen MR) is 61.0 cm³/mol. The minimum atomic E-state index is -0.953. The molecule has 0 bridgehead atoms. The standard InChI is InChI=1S/C12H10N2O2/c13-10-4-5-14-11(7-10)8-2-1-3-9(6-8)12(15)16/h1-7H,(H2,13,14)(H,15,16). The largest absolute Gasteiger partial charge is 0.478 e. The number of hydrogen-bond donors (Lipinski definition) is 2. The van der Waals surface area contributed by atoms with Crippen molar-refractivity contribution in [1.82, 2.24) is 4.98 Å². The van der Waals surface area contributed by atoms with Crippen LogP contribution in [0.4, 0.5) is 5.69 Å². The fraction of sp³-hybridized carbons (Fsp3) is 0. The fourth-order valence-corrected chi connectivity index (χ4v) is 1.42. The van der Waals surface area contributed by atoms with Gasteiger partial charge in [-0.05, 0) is 24.3 Å². The molecule has 4 nitrogen and oxygen atoms in total. The number of aromatic nitrogens is 1. The number of anilines is 1. The molecule has 16 heavy (non-hydrogen) atoms. The number of hydrogen-bond acceptors (Lipinski definition) is 3. The van der Waals surface area contributed by atoms with Crippen molar-refractivity contribution in [3.05, 3.63) is 48.2 Å². The van der Waals surface area contributed by atoms with E-state index in [-0.39, 0.29) is 5.56 Å². The van der Waals surface area contributed by atoms with Crippen LogP contribution in [0, 0.1) is 0 Å². The van der Waals surface area contributed by atoms with Gasteiger partial charge in [0.15, 0.2) is 0 Å². The number of carboxylic acid groups (broad SMARTS) is 1. The lowest BCUT2D eigenvalue weighted by atomic mass is 10.1. The molecule has 0 aliphatic carbocycles.